The standard InChI is InChI=1S/C26H25BrN2O4S/c1-2-29(23-14-7-4-8-15-23)26(31)24(19-21-12-9-13-22(27)18-21)25(30)28-34(32,33)17-16-20-10-5-3-6-11-20/h3-18,24H,2,19H2,1H3,(H,28,30). The van der Waals surface area contributed by atoms with E-state index in [9.17, 15) is 18.0 Å². The molecule has 0 saturated carbocycles. The Kier molecular flexibility index (Phi) is 8.79. The van der Waals surface area contributed by atoms with E-state index >= 15 is 0 Å². The molecule has 0 spiro atoms. The van der Waals surface area contributed by atoms with Crippen LogP contribution < -0.4 is 9.62 Å². The van der Waals surface area contributed by atoms with Gasteiger partial charge in [0.1, 0.15) is 5.92 Å². The molecule has 1 atom stereocenters. The largest absolute Gasteiger partial charge is 0.312 e. The van der Waals surface area contributed by atoms with E-state index in [1.165, 1.54) is 11.0 Å². The van der Waals surface area contributed by atoms with Gasteiger partial charge in [0.15, 0.2) is 0 Å². The van der Waals surface area contributed by atoms with Gasteiger partial charge in [0.25, 0.3) is 10.0 Å². The summed E-state index contributed by atoms with van der Waals surface area (Å²) in [5.74, 6) is -2.60. The first-order valence-electron chi connectivity index (χ1n) is 10.7. The predicted molar refractivity (Wildman–Crippen MR) is 138 cm³/mol. The van der Waals surface area contributed by atoms with Crippen molar-refractivity contribution >= 4 is 49.5 Å². The molecule has 2 amide bonds. The number of rotatable bonds is 9. The van der Waals surface area contributed by atoms with Gasteiger partial charge in [-0.05, 0) is 54.8 Å². The number of nitrogens with zero attached hydrogens (tertiary/aromatic N) is 1. The van der Waals surface area contributed by atoms with Crippen molar-refractivity contribution in [1.29, 1.82) is 0 Å². The van der Waals surface area contributed by atoms with Gasteiger partial charge in [-0.3, -0.25) is 9.59 Å². The fourth-order valence-corrected chi connectivity index (χ4v) is 4.70. The lowest BCUT2D eigenvalue weighted by Crippen LogP contribution is -2.46. The maximum atomic E-state index is 13.5. The second kappa shape index (κ2) is 11.8. The van der Waals surface area contributed by atoms with Crippen LogP contribution in [0, 0.1) is 5.92 Å². The van der Waals surface area contributed by atoms with Crippen LogP contribution in [0.5, 0.6) is 0 Å². The monoisotopic (exact) mass is 540 g/mol. The Balaban J connectivity index is 1.88. The zero-order valence-corrected chi connectivity index (χ0v) is 21.0. The molecule has 6 nitrogen and oxygen atoms in total. The van der Waals surface area contributed by atoms with Crippen molar-refractivity contribution in [2.24, 2.45) is 5.92 Å². The number of para-hydroxylation sites is 1. The van der Waals surface area contributed by atoms with Gasteiger partial charge in [-0.2, -0.15) is 0 Å². The van der Waals surface area contributed by atoms with Crippen molar-refractivity contribution in [2.75, 3.05) is 11.4 Å². The lowest BCUT2D eigenvalue weighted by atomic mass is 9.97. The minimum Gasteiger partial charge on any atom is -0.312 e. The molecule has 0 aliphatic heterocycles. The summed E-state index contributed by atoms with van der Waals surface area (Å²) in [5.41, 5.74) is 2.03. The van der Waals surface area contributed by atoms with Crippen LogP contribution in [0.2, 0.25) is 0 Å². The number of hydrogen-bond donors (Lipinski definition) is 1. The summed E-state index contributed by atoms with van der Waals surface area (Å²) in [7, 11) is -4.12. The molecule has 3 aromatic rings. The number of halogens is 1. The first-order chi connectivity index (χ1) is 16.3. The van der Waals surface area contributed by atoms with Gasteiger partial charge in [-0.25, -0.2) is 13.1 Å². The number of nitrogens with one attached hydrogen (secondary N) is 1. The molecule has 3 rings (SSSR count). The zero-order valence-electron chi connectivity index (χ0n) is 18.6. The van der Waals surface area contributed by atoms with Crippen LogP contribution in [-0.4, -0.2) is 26.8 Å². The highest BCUT2D eigenvalue weighted by molar-refractivity contribution is 9.10. The molecule has 0 aliphatic carbocycles. The molecule has 3 aromatic carbocycles. The quantitative estimate of drug-likeness (QED) is 0.396. The van der Waals surface area contributed by atoms with Gasteiger partial charge < -0.3 is 4.90 Å². The van der Waals surface area contributed by atoms with Crippen LogP contribution in [0.25, 0.3) is 6.08 Å². The molecule has 1 N–H and O–H groups in total. The summed E-state index contributed by atoms with van der Waals surface area (Å²) in [5, 5.41) is 0.926. The third kappa shape index (κ3) is 7.13. The SMILES string of the molecule is CCN(C(=O)C(Cc1cccc(Br)c1)C(=O)NS(=O)(=O)C=Cc1ccccc1)c1ccccc1. The Bertz CT molecular complexity index is 1260. The molecule has 0 bridgehead atoms. The van der Waals surface area contributed by atoms with Gasteiger partial charge in [0.05, 0.1) is 5.41 Å². The molecule has 8 heteroatoms. The van der Waals surface area contributed by atoms with Crippen LogP contribution in [0.15, 0.2) is 94.8 Å². The van der Waals surface area contributed by atoms with E-state index in [1.54, 1.807) is 73.7 Å². The summed E-state index contributed by atoms with van der Waals surface area (Å²) in [6, 6.07) is 25.1. The van der Waals surface area contributed by atoms with E-state index < -0.39 is 27.8 Å². The molecule has 34 heavy (non-hydrogen) atoms. The second-order valence-electron chi connectivity index (χ2n) is 7.53. The van der Waals surface area contributed by atoms with E-state index in [1.807, 2.05) is 18.2 Å². The minimum absolute atomic E-state index is 0.0470. The maximum Gasteiger partial charge on any atom is 0.257 e. The third-order valence-electron chi connectivity index (χ3n) is 5.08. The fraction of sp³-hybridized carbons (Fsp3) is 0.154. The average molecular weight is 541 g/mol. The van der Waals surface area contributed by atoms with Crippen molar-refractivity contribution in [2.45, 2.75) is 13.3 Å². The third-order valence-corrected chi connectivity index (χ3v) is 6.55. The smallest absolute Gasteiger partial charge is 0.257 e. The van der Waals surface area contributed by atoms with Crippen molar-refractivity contribution < 1.29 is 18.0 Å². The summed E-state index contributed by atoms with van der Waals surface area (Å²) >= 11 is 3.40. The van der Waals surface area contributed by atoms with E-state index in [0.29, 0.717) is 17.8 Å². The molecule has 0 fully saturated rings. The molecule has 0 radical (unpaired) electrons. The van der Waals surface area contributed by atoms with Gasteiger partial charge in [0, 0.05) is 16.7 Å². The first-order valence-corrected chi connectivity index (χ1v) is 13.0. The minimum atomic E-state index is -4.12. The van der Waals surface area contributed by atoms with E-state index in [2.05, 4.69) is 20.7 Å². The number of benzene rings is 3. The highest BCUT2D eigenvalue weighted by atomic mass is 79.9. The Morgan fingerprint density at radius 2 is 1.62 bits per heavy atom. The molecular formula is C26H25BrN2O4S. The number of anilines is 1. The Labute approximate surface area is 208 Å². The van der Waals surface area contributed by atoms with Crippen molar-refractivity contribution in [3.8, 4) is 0 Å². The summed E-state index contributed by atoms with van der Waals surface area (Å²) < 4.78 is 28.1. The maximum absolute atomic E-state index is 13.5. The van der Waals surface area contributed by atoms with Crippen molar-refractivity contribution in [3.63, 3.8) is 0 Å². The Morgan fingerprint density at radius 3 is 2.24 bits per heavy atom. The summed E-state index contributed by atoms with van der Waals surface area (Å²) in [6.45, 7) is 2.13. The summed E-state index contributed by atoms with van der Waals surface area (Å²) in [6.07, 6.45) is 1.44. The normalized spacial score (nSPS) is 12.3. The Morgan fingerprint density at radius 1 is 0.971 bits per heavy atom. The molecule has 0 aromatic heterocycles. The predicted octanol–water partition coefficient (Wildman–Crippen LogP) is 4.78. The molecular weight excluding hydrogens is 516 g/mol. The average Bonchev–Trinajstić information content (AvgIpc) is 2.83. The van der Waals surface area contributed by atoms with Crippen LogP contribution >= 0.6 is 15.9 Å². The van der Waals surface area contributed by atoms with Gasteiger partial charge in [-0.1, -0.05) is 76.6 Å². The van der Waals surface area contributed by atoms with Crippen LogP contribution in [-0.2, 0) is 26.0 Å². The van der Waals surface area contributed by atoms with Gasteiger partial charge >= 0.3 is 0 Å². The molecule has 0 saturated heterocycles. The van der Waals surface area contributed by atoms with E-state index in [-0.39, 0.29) is 6.42 Å². The van der Waals surface area contributed by atoms with Crippen molar-refractivity contribution in [1.82, 2.24) is 4.72 Å². The number of amides is 2. The molecule has 1 unspecified atom stereocenters. The Hall–Kier alpha value is -3.23. The van der Waals surface area contributed by atoms with Gasteiger partial charge in [-0.15, -0.1) is 0 Å². The lowest BCUT2D eigenvalue weighted by molar-refractivity contribution is -0.132. The number of carbonyl (C=O) groups excluding carboxylic acids is 2. The fourth-order valence-electron chi connectivity index (χ4n) is 3.43. The van der Waals surface area contributed by atoms with Crippen LogP contribution in [0.3, 0.4) is 0 Å². The number of hydrogen-bond acceptors (Lipinski definition) is 4. The molecule has 176 valence electrons. The zero-order chi connectivity index (χ0) is 24.6. The topological polar surface area (TPSA) is 83.6 Å². The first kappa shape index (κ1) is 25.4. The van der Waals surface area contributed by atoms with Crippen LogP contribution in [0.4, 0.5) is 5.69 Å². The number of carbonyl (C=O) groups is 2. The lowest BCUT2D eigenvalue weighted by Gasteiger charge is -2.26. The summed E-state index contributed by atoms with van der Waals surface area (Å²) in [4.78, 5) is 28.2. The molecule has 0 aliphatic rings. The molecule has 0 heterocycles. The number of sulfonamides is 1. The van der Waals surface area contributed by atoms with E-state index in [0.717, 1.165) is 15.4 Å². The van der Waals surface area contributed by atoms with Crippen LogP contribution in [0.1, 0.15) is 18.1 Å². The van der Waals surface area contributed by atoms with E-state index in [4.69, 9.17) is 0 Å². The second-order valence-corrected chi connectivity index (χ2v) is 10.0. The van der Waals surface area contributed by atoms with Crippen molar-refractivity contribution in [3.05, 3.63) is 106 Å². The highest BCUT2D eigenvalue weighted by Crippen LogP contribution is 2.21. The highest BCUT2D eigenvalue weighted by Gasteiger charge is 2.33. The van der Waals surface area contributed by atoms with Gasteiger partial charge in [0.2, 0.25) is 11.8 Å².